The molecule has 3 rings (SSSR count). The highest BCUT2D eigenvalue weighted by Gasteiger charge is 2.10. The Balaban J connectivity index is 2.22. The lowest BCUT2D eigenvalue weighted by molar-refractivity contribution is 0.466. The fraction of sp³-hybridized carbons (Fsp3) is 0.0714. The summed E-state index contributed by atoms with van der Waals surface area (Å²) in [6, 6.07) is 13.1. The molecule has 0 spiro atoms. The minimum Gasteiger partial charge on any atom is -0.504 e. The van der Waals surface area contributed by atoms with Gasteiger partial charge in [-0.05, 0) is 31.2 Å². The van der Waals surface area contributed by atoms with Crippen molar-refractivity contribution in [2.75, 3.05) is 0 Å². The van der Waals surface area contributed by atoms with Crippen LogP contribution in [0.4, 0.5) is 0 Å². The quantitative estimate of drug-likeness (QED) is 0.689. The van der Waals surface area contributed by atoms with Crippen molar-refractivity contribution >= 4 is 11.1 Å². The Bertz CT molecular complexity index is 686. The van der Waals surface area contributed by atoms with Gasteiger partial charge >= 0.3 is 0 Å². The summed E-state index contributed by atoms with van der Waals surface area (Å²) in [6.45, 7) is 2.02. The van der Waals surface area contributed by atoms with Gasteiger partial charge in [0.25, 0.3) is 0 Å². The van der Waals surface area contributed by atoms with E-state index in [0.717, 1.165) is 11.1 Å². The van der Waals surface area contributed by atoms with Crippen LogP contribution >= 0.6 is 0 Å². The lowest BCUT2D eigenvalue weighted by atomic mass is 10.1. The van der Waals surface area contributed by atoms with E-state index >= 15 is 0 Å². The third-order valence-electron chi connectivity index (χ3n) is 2.66. The Morgan fingerprint density at radius 1 is 1.12 bits per heavy atom. The summed E-state index contributed by atoms with van der Waals surface area (Å²) in [5.74, 6) is 0.652. The zero-order chi connectivity index (χ0) is 11.8. The van der Waals surface area contributed by atoms with Gasteiger partial charge in [0.05, 0.1) is 0 Å². The van der Waals surface area contributed by atoms with Crippen LogP contribution in [0.25, 0.3) is 22.6 Å². The van der Waals surface area contributed by atoms with E-state index in [0.29, 0.717) is 17.0 Å². The molecule has 17 heavy (non-hydrogen) atoms. The lowest BCUT2D eigenvalue weighted by Crippen LogP contribution is -1.78. The van der Waals surface area contributed by atoms with Crippen molar-refractivity contribution in [3.63, 3.8) is 0 Å². The molecule has 3 heteroatoms. The van der Waals surface area contributed by atoms with Crippen LogP contribution in [-0.2, 0) is 0 Å². The molecule has 2 aromatic carbocycles. The molecule has 0 aliphatic carbocycles. The number of phenolic OH excluding ortho intramolecular Hbond substituents is 1. The van der Waals surface area contributed by atoms with Crippen LogP contribution in [0.2, 0.25) is 0 Å². The molecule has 3 aromatic rings. The van der Waals surface area contributed by atoms with Gasteiger partial charge in [0.2, 0.25) is 5.89 Å². The van der Waals surface area contributed by atoms with E-state index in [2.05, 4.69) is 4.98 Å². The lowest BCUT2D eigenvalue weighted by Gasteiger charge is -1.96. The minimum absolute atomic E-state index is 0.119. The molecule has 3 nitrogen and oxygen atoms in total. The molecule has 1 heterocycles. The van der Waals surface area contributed by atoms with E-state index in [4.69, 9.17) is 4.42 Å². The zero-order valence-corrected chi connectivity index (χ0v) is 9.34. The first-order valence-electron chi connectivity index (χ1n) is 5.39. The number of fused-ring (bicyclic) bond motifs is 1. The summed E-state index contributed by atoms with van der Waals surface area (Å²) in [6.07, 6.45) is 0. The van der Waals surface area contributed by atoms with Crippen LogP contribution in [-0.4, -0.2) is 10.1 Å². The first kappa shape index (κ1) is 9.90. The summed E-state index contributed by atoms with van der Waals surface area (Å²) in [5, 5.41) is 9.65. The Kier molecular flexibility index (Phi) is 2.11. The molecule has 1 aromatic heterocycles. The van der Waals surface area contributed by atoms with Crippen molar-refractivity contribution in [2.24, 2.45) is 0 Å². The first-order chi connectivity index (χ1) is 8.24. The third kappa shape index (κ3) is 1.65. The summed E-state index contributed by atoms with van der Waals surface area (Å²) in [5.41, 5.74) is 3.17. The van der Waals surface area contributed by atoms with Crippen molar-refractivity contribution in [1.82, 2.24) is 4.98 Å². The van der Waals surface area contributed by atoms with Crippen LogP contribution < -0.4 is 0 Å². The van der Waals surface area contributed by atoms with E-state index in [9.17, 15) is 5.11 Å². The Morgan fingerprint density at radius 2 is 1.94 bits per heavy atom. The second kappa shape index (κ2) is 3.63. The standard InChI is InChI=1S/C14H11NO2/c1-9-4-2-5-10(8-9)14-15-11-6-3-7-12(16)13(11)17-14/h2-8,16H,1H3. The molecule has 0 aliphatic heterocycles. The number of aromatic hydroxyl groups is 1. The van der Waals surface area contributed by atoms with Gasteiger partial charge in [0.15, 0.2) is 11.3 Å². The molecule has 0 fully saturated rings. The highest BCUT2D eigenvalue weighted by Crippen LogP contribution is 2.29. The van der Waals surface area contributed by atoms with Crippen molar-refractivity contribution < 1.29 is 9.52 Å². The molecule has 0 saturated carbocycles. The second-order valence-electron chi connectivity index (χ2n) is 4.01. The van der Waals surface area contributed by atoms with Crippen LogP contribution in [0, 0.1) is 6.92 Å². The fourth-order valence-electron chi connectivity index (χ4n) is 1.84. The number of hydrogen-bond acceptors (Lipinski definition) is 3. The maximum atomic E-state index is 9.65. The van der Waals surface area contributed by atoms with Gasteiger partial charge in [-0.25, -0.2) is 4.98 Å². The Labute approximate surface area is 98.3 Å². The number of rotatable bonds is 1. The molecule has 1 N–H and O–H groups in total. The molecule has 0 saturated heterocycles. The summed E-state index contributed by atoms with van der Waals surface area (Å²) in [7, 11) is 0. The van der Waals surface area contributed by atoms with E-state index in [1.165, 1.54) is 0 Å². The highest BCUT2D eigenvalue weighted by atomic mass is 16.4. The van der Waals surface area contributed by atoms with Crippen LogP contribution in [0.15, 0.2) is 46.9 Å². The summed E-state index contributed by atoms with van der Waals surface area (Å²) in [4.78, 5) is 4.36. The maximum absolute atomic E-state index is 9.65. The topological polar surface area (TPSA) is 46.3 Å². The monoisotopic (exact) mass is 225 g/mol. The average Bonchev–Trinajstić information content (AvgIpc) is 2.74. The molecule has 0 radical (unpaired) electrons. The number of aryl methyl sites for hydroxylation is 1. The minimum atomic E-state index is 0.119. The predicted molar refractivity (Wildman–Crippen MR) is 65.8 cm³/mol. The van der Waals surface area contributed by atoms with Crippen molar-refractivity contribution in [1.29, 1.82) is 0 Å². The molecule has 0 atom stereocenters. The molecule has 84 valence electrons. The van der Waals surface area contributed by atoms with Gasteiger partial charge in [0.1, 0.15) is 5.52 Å². The van der Waals surface area contributed by atoms with Crippen molar-refractivity contribution in [3.05, 3.63) is 48.0 Å². The highest BCUT2D eigenvalue weighted by molar-refractivity contribution is 5.81. The van der Waals surface area contributed by atoms with E-state index in [-0.39, 0.29) is 5.75 Å². The Morgan fingerprint density at radius 3 is 2.71 bits per heavy atom. The van der Waals surface area contributed by atoms with Crippen LogP contribution in [0.3, 0.4) is 0 Å². The van der Waals surface area contributed by atoms with E-state index < -0.39 is 0 Å². The largest absolute Gasteiger partial charge is 0.504 e. The maximum Gasteiger partial charge on any atom is 0.227 e. The Hall–Kier alpha value is -2.29. The molecular formula is C14H11NO2. The van der Waals surface area contributed by atoms with Gasteiger partial charge in [-0.15, -0.1) is 0 Å². The SMILES string of the molecule is Cc1cccc(-c2nc3cccc(O)c3o2)c1. The number of benzene rings is 2. The fourth-order valence-corrected chi connectivity index (χ4v) is 1.84. The van der Waals surface area contributed by atoms with Gasteiger partial charge in [-0.3, -0.25) is 0 Å². The summed E-state index contributed by atoms with van der Waals surface area (Å²) >= 11 is 0. The normalized spacial score (nSPS) is 10.9. The molecular weight excluding hydrogens is 214 g/mol. The van der Waals surface area contributed by atoms with Gasteiger partial charge < -0.3 is 9.52 Å². The smallest absolute Gasteiger partial charge is 0.227 e. The van der Waals surface area contributed by atoms with E-state index in [1.807, 2.05) is 37.3 Å². The number of oxazole rings is 1. The number of aromatic nitrogens is 1. The van der Waals surface area contributed by atoms with Crippen molar-refractivity contribution in [2.45, 2.75) is 6.92 Å². The van der Waals surface area contributed by atoms with E-state index in [1.54, 1.807) is 12.1 Å². The first-order valence-corrected chi connectivity index (χ1v) is 5.39. The van der Waals surface area contributed by atoms with Crippen molar-refractivity contribution in [3.8, 4) is 17.2 Å². The van der Waals surface area contributed by atoms with Gasteiger partial charge in [-0.2, -0.15) is 0 Å². The number of hydrogen-bond donors (Lipinski definition) is 1. The van der Waals surface area contributed by atoms with Crippen LogP contribution in [0.1, 0.15) is 5.56 Å². The average molecular weight is 225 g/mol. The van der Waals surface area contributed by atoms with Crippen LogP contribution in [0.5, 0.6) is 5.75 Å². The number of nitrogens with zero attached hydrogens (tertiary/aromatic N) is 1. The number of para-hydroxylation sites is 1. The second-order valence-corrected chi connectivity index (χ2v) is 4.01. The predicted octanol–water partition coefficient (Wildman–Crippen LogP) is 3.51. The zero-order valence-electron chi connectivity index (χ0n) is 9.34. The molecule has 0 amide bonds. The molecule has 0 aliphatic rings. The van der Waals surface area contributed by atoms with Gasteiger partial charge in [0, 0.05) is 5.56 Å². The van der Waals surface area contributed by atoms with Gasteiger partial charge in [-0.1, -0.05) is 23.8 Å². The summed E-state index contributed by atoms with van der Waals surface area (Å²) < 4.78 is 5.58. The molecule has 0 bridgehead atoms. The third-order valence-corrected chi connectivity index (χ3v) is 2.66. The number of phenols is 1. The molecule has 0 unspecified atom stereocenters.